The minimum absolute atomic E-state index is 0.0329. The lowest BCUT2D eigenvalue weighted by atomic mass is 10.1. The Morgan fingerprint density at radius 2 is 2.10 bits per heavy atom. The fourth-order valence-corrected chi connectivity index (χ4v) is 2.09. The van der Waals surface area contributed by atoms with Gasteiger partial charge in [0, 0.05) is 18.7 Å². The average molecular weight is 292 g/mol. The van der Waals surface area contributed by atoms with Gasteiger partial charge in [0.15, 0.2) is 0 Å². The maximum atomic E-state index is 11.4. The third kappa shape index (κ3) is 6.63. The highest BCUT2D eigenvalue weighted by molar-refractivity contribution is 5.75. The Hall–Kier alpha value is -1.55. The summed E-state index contributed by atoms with van der Waals surface area (Å²) in [7, 11) is 0. The molecule has 0 aliphatic rings. The number of nitrogens with one attached hydrogen (secondary N) is 2. The van der Waals surface area contributed by atoms with Crippen molar-refractivity contribution in [3.05, 3.63) is 29.3 Å². The second-order valence-corrected chi connectivity index (χ2v) is 5.64. The quantitative estimate of drug-likeness (QED) is 0.735. The topological polar surface area (TPSA) is 50.4 Å². The summed E-state index contributed by atoms with van der Waals surface area (Å²) >= 11 is 0. The molecule has 2 N–H and O–H groups in total. The zero-order valence-electron chi connectivity index (χ0n) is 13.7. The number of hydrogen-bond acceptors (Lipinski definition) is 3. The average Bonchev–Trinajstić information content (AvgIpc) is 2.41. The molecule has 1 aromatic rings. The summed E-state index contributed by atoms with van der Waals surface area (Å²) < 4.78 is 5.84. The van der Waals surface area contributed by atoms with E-state index in [2.05, 4.69) is 30.5 Å². The summed E-state index contributed by atoms with van der Waals surface area (Å²) in [4.78, 5) is 11.4. The van der Waals surface area contributed by atoms with Gasteiger partial charge in [-0.25, -0.2) is 0 Å². The van der Waals surface area contributed by atoms with Crippen molar-refractivity contribution in [2.24, 2.45) is 5.92 Å². The predicted octanol–water partition coefficient (Wildman–Crippen LogP) is 2.65. The molecule has 0 atom stereocenters. The maximum absolute atomic E-state index is 11.4. The molecule has 1 aromatic carbocycles. The van der Waals surface area contributed by atoms with Crippen LogP contribution in [0.4, 0.5) is 0 Å². The molecule has 0 radical (unpaired) electrons. The maximum Gasteiger partial charge on any atom is 0.223 e. The van der Waals surface area contributed by atoms with Gasteiger partial charge in [0.1, 0.15) is 5.75 Å². The van der Waals surface area contributed by atoms with Gasteiger partial charge in [0.2, 0.25) is 5.91 Å². The molecule has 0 spiro atoms. The third-order valence-electron chi connectivity index (χ3n) is 3.11. The number of ether oxygens (including phenoxy) is 1. The summed E-state index contributed by atoms with van der Waals surface area (Å²) in [5, 5.41) is 6.21. The Balaban J connectivity index is 2.56. The number of rotatable bonds is 9. The van der Waals surface area contributed by atoms with Crippen molar-refractivity contribution in [2.45, 2.75) is 40.7 Å². The summed E-state index contributed by atoms with van der Waals surface area (Å²) in [5.41, 5.74) is 2.25. The molecule has 0 aromatic heterocycles. The number of aryl methyl sites for hydroxylation is 1. The van der Waals surface area contributed by atoms with E-state index in [1.807, 2.05) is 26.0 Å². The van der Waals surface area contributed by atoms with Crippen LogP contribution >= 0.6 is 0 Å². The van der Waals surface area contributed by atoms with E-state index in [0.717, 1.165) is 30.0 Å². The Morgan fingerprint density at radius 1 is 1.33 bits per heavy atom. The number of para-hydroxylation sites is 1. The van der Waals surface area contributed by atoms with E-state index in [1.54, 1.807) is 0 Å². The molecule has 4 heteroatoms. The number of hydrogen-bond donors (Lipinski definition) is 2. The summed E-state index contributed by atoms with van der Waals surface area (Å²) in [6.45, 7) is 11.2. The van der Waals surface area contributed by atoms with Crippen molar-refractivity contribution in [3.8, 4) is 5.75 Å². The van der Waals surface area contributed by atoms with Crippen molar-refractivity contribution in [2.75, 3.05) is 19.7 Å². The second kappa shape index (κ2) is 9.40. The largest absolute Gasteiger partial charge is 0.492 e. The van der Waals surface area contributed by atoms with E-state index in [4.69, 9.17) is 4.74 Å². The Morgan fingerprint density at radius 3 is 2.76 bits per heavy atom. The monoisotopic (exact) mass is 292 g/mol. The van der Waals surface area contributed by atoms with E-state index in [-0.39, 0.29) is 5.91 Å². The number of amides is 1. The van der Waals surface area contributed by atoms with E-state index < -0.39 is 0 Å². The molecule has 0 aliphatic carbocycles. The molecule has 0 unspecified atom stereocenters. The van der Waals surface area contributed by atoms with E-state index in [9.17, 15) is 4.79 Å². The molecule has 4 nitrogen and oxygen atoms in total. The molecular weight excluding hydrogens is 264 g/mol. The molecule has 118 valence electrons. The van der Waals surface area contributed by atoms with Gasteiger partial charge in [-0.2, -0.15) is 0 Å². The van der Waals surface area contributed by atoms with Crippen LogP contribution in [0, 0.1) is 12.8 Å². The lowest BCUT2D eigenvalue weighted by Gasteiger charge is -2.15. The number of carbonyl (C=O) groups excluding carboxylic acids is 1. The minimum atomic E-state index is 0.0329. The highest BCUT2D eigenvalue weighted by Crippen LogP contribution is 2.23. The SMILES string of the molecule is CCNC(=O)CCOc1c(C)cccc1CNCC(C)C. The fourth-order valence-electron chi connectivity index (χ4n) is 2.09. The smallest absolute Gasteiger partial charge is 0.223 e. The Labute approximate surface area is 128 Å². The van der Waals surface area contributed by atoms with Crippen LogP contribution < -0.4 is 15.4 Å². The first kappa shape index (κ1) is 17.5. The van der Waals surface area contributed by atoms with Gasteiger partial charge in [-0.1, -0.05) is 32.0 Å². The van der Waals surface area contributed by atoms with E-state index >= 15 is 0 Å². The lowest BCUT2D eigenvalue weighted by Crippen LogP contribution is -2.24. The van der Waals surface area contributed by atoms with Gasteiger partial charge < -0.3 is 15.4 Å². The second-order valence-electron chi connectivity index (χ2n) is 5.64. The lowest BCUT2D eigenvalue weighted by molar-refractivity contribution is -0.121. The molecule has 21 heavy (non-hydrogen) atoms. The fraction of sp³-hybridized carbons (Fsp3) is 0.588. The molecule has 0 bridgehead atoms. The van der Waals surface area contributed by atoms with Gasteiger partial charge >= 0.3 is 0 Å². The van der Waals surface area contributed by atoms with Gasteiger partial charge in [-0.3, -0.25) is 4.79 Å². The van der Waals surface area contributed by atoms with Crippen LogP contribution in [0.15, 0.2) is 18.2 Å². The zero-order valence-corrected chi connectivity index (χ0v) is 13.7. The molecule has 1 amide bonds. The first-order valence-electron chi connectivity index (χ1n) is 7.73. The number of carbonyl (C=O) groups is 1. The van der Waals surface area contributed by atoms with E-state index in [1.165, 1.54) is 0 Å². The first-order valence-corrected chi connectivity index (χ1v) is 7.73. The van der Waals surface area contributed by atoms with Crippen molar-refractivity contribution >= 4 is 5.91 Å². The minimum Gasteiger partial charge on any atom is -0.492 e. The van der Waals surface area contributed by atoms with E-state index in [0.29, 0.717) is 25.5 Å². The standard InChI is InChI=1S/C17H28N2O2/c1-5-19-16(20)9-10-21-17-14(4)7-6-8-15(17)12-18-11-13(2)3/h6-8,13,18H,5,9-12H2,1-4H3,(H,19,20). The van der Waals surface area contributed by atoms with Crippen LogP contribution in [0.2, 0.25) is 0 Å². The highest BCUT2D eigenvalue weighted by atomic mass is 16.5. The molecular formula is C17H28N2O2. The zero-order chi connectivity index (χ0) is 15.7. The predicted molar refractivity (Wildman–Crippen MR) is 86.5 cm³/mol. The molecule has 0 heterocycles. The summed E-state index contributed by atoms with van der Waals surface area (Å²) in [6.07, 6.45) is 0.390. The van der Waals surface area contributed by atoms with Crippen LogP contribution in [0.5, 0.6) is 5.75 Å². The Bertz CT molecular complexity index is 444. The van der Waals surface area contributed by atoms with Crippen molar-refractivity contribution in [1.29, 1.82) is 0 Å². The van der Waals surface area contributed by atoms with Crippen molar-refractivity contribution in [1.82, 2.24) is 10.6 Å². The summed E-state index contributed by atoms with van der Waals surface area (Å²) in [5.74, 6) is 1.56. The molecule has 0 saturated carbocycles. The van der Waals surface area contributed by atoms with Crippen molar-refractivity contribution < 1.29 is 9.53 Å². The van der Waals surface area contributed by atoms with Crippen LogP contribution in [0.3, 0.4) is 0 Å². The van der Waals surface area contributed by atoms with Gasteiger partial charge in [-0.15, -0.1) is 0 Å². The van der Waals surface area contributed by atoms with Crippen LogP contribution in [-0.2, 0) is 11.3 Å². The molecule has 0 fully saturated rings. The van der Waals surface area contributed by atoms with Gasteiger partial charge in [0.05, 0.1) is 13.0 Å². The van der Waals surface area contributed by atoms with Crippen LogP contribution in [-0.4, -0.2) is 25.6 Å². The molecule has 0 saturated heterocycles. The third-order valence-corrected chi connectivity index (χ3v) is 3.11. The molecule has 0 aliphatic heterocycles. The van der Waals surface area contributed by atoms with Gasteiger partial charge in [0.25, 0.3) is 0 Å². The van der Waals surface area contributed by atoms with Crippen molar-refractivity contribution in [3.63, 3.8) is 0 Å². The van der Waals surface area contributed by atoms with Crippen LogP contribution in [0.1, 0.15) is 38.3 Å². The normalized spacial score (nSPS) is 10.7. The Kier molecular flexibility index (Phi) is 7.83. The highest BCUT2D eigenvalue weighted by Gasteiger charge is 2.08. The summed E-state index contributed by atoms with van der Waals surface area (Å²) in [6, 6.07) is 6.15. The molecule has 1 rings (SSSR count). The van der Waals surface area contributed by atoms with Gasteiger partial charge in [-0.05, 0) is 31.9 Å². The van der Waals surface area contributed by atoms with Crippen LogP contribution in [0.25, 0.3) is 0 Å². The first-order chi connectivity index (χ1) is 10.0. The number of benzene rings is 1.